The van der Waals surface area contributed by atoms with E-state index < -0.39 is 5.92 Å². The number of carbonyl (C=O) groups is 2. The van der Waals surface area contributed by atoms with Crippen LogP contribution in [0.3, 0.4) is 0 Å². The molecule has 4 rings (SSSR count). The predicted molar refractivity (Wildman–Crippen MR) is 128 cm³/mol. The average Bonchev–Trinajstić information content (AvgIpc) is 2.80. The fraction of sp³-hybridized carbons (Fsp3) is 0.296. The summed E-state index contributed by atoms with van der Waals surface area (Å²) in [4.78, 5) is 26.6. The van der Waals surface area contributed by atoms with Gasteiger partial charge in [-0.25, -0.2) is 5.01 Å². The molecule has 0 radical (unpaired) electrons. The van der Waals surface area contributed by atoms with Gasteiger partial charge in [-0.3, -0.25) is 15.0 Å². The van der Waals surface area contributed by atoms with Crippen LogP contribution in [0.4, 0.5) is 0 Å². The van der Waals surface area contributed by atoms with Crippen LogP contribution in [0.2, 0.25) is 0 Å². The fourth-order valence-electron chi connectivity index (χ4n) is 4.72. The van der Waals surface area contributed by atoms with E-state index in [4.69, 9.17) is 10.5 Å². The van der Waals surface area contributed by atoms with Crippen molar-refractivity contribution in [1.29, 1.82) is 5.26 Å². The molecule has 0 spiro atoms. The minimum atomic E-state index is -0.674. The quantitative estimate of drug-likeness (QED) is 0.718. The average molecular weight is 457 g/mol. The Hall–Kier alpha value is -4.05. The zero-order chi connectivity index (χ0) is 24.6. The molecule has 1 unspecified atom stereocenters. The molecule has 34 heavy (non-hydrogen) atoms. The topological polar surface area (TPSA) is 108 Å². The molecule has 2 aromatic rings. The largest absolute Gasteiger partial charge is 0.496 e. The molecule has 0 saturated heterocycles. The first-order chi connectivity index (χ1) is 16.2. The second-order valence-corrected chi connectivity index (χ2v) is 9.53. The Morgan fingerprint density at radius 2 is 1.85 bits per heavy atom. The number of amides is 1. The van der Waals surface area contributed by atoms with Crippen molar-refractivity contribution in [2.24, 2.45) is 11.1 Å². The molecule has 7 nitrogen and oxygen atoms in total. The van der Waals surface area contributed by atoms with Crippen LogP contribution in [0.25, 0.3) is 0 Å². The van der Waals surface area contributed by atoms with Crippen LogP contribution in [0.1, 0.15) is 54.1 Å². The van der Waals surface area contributed by atoms with Gasteiger partial charge in [0.25, 0.3) is 5.91 Å². The van der Waals surface area contributed by atoms with Gasteiger partial charge in [-0.1, -0.05) is 49.7 Å². The first-order valence-electron chi connectivity index (χ1n) is 11.1. The van der Waals surface area contributed by atoms with E-state index in [1.165, 1.54) is 5.01 Å². The summed E-state index contributed by atoms with van der Waals surface area (Å²) in [7, 11) is 1.55. The Kier molecular flexibility index (Phi) is 5.92. The number of methoxy groups -OCH3 is 1. The van der Waals surface area contributed by atoms with Gasteiger partial charge in [0, 0.05) is 23.1 Å². The number of ether oxygens (including phenoxy) is 1. The van der Waals surface area contributed by atoms with Crippen molar-refractivity contribution in [3.05, 3.63) is 87.9 Å². The van der Waals surface area contributed by atoms with Gasteiger partial charge in [0.2, 0.25) is 0 Å². The maximum atomic E-state index is 13.5. The van der Waals surface area contributed by atoms with Crippen molar-refractivity contribution in [3.8, 4) is 11.8 Å². The third-order valence-electron chi connectivity index (χ3n) is 6.36. The van der Waals surface area contributed by atoms with Crippen LogP contribution < -0.4 is 15.9 Å². The summed E-state index contributed by atoms with van der Waals surface area (Å²) in [6, 6.07) is 16.7. The molecular formula is C27H28N4O3. The van der Waals surface area contributed by atoms with Gasteiger partial charge in [-0.2, -0.15) is 5.26 Å². The van der Waals surface area contributed by atoms with Crippen LogP contribution in [-0.2, 0) is 4.79 Å². The molecule has 0 aromatic heterocycles. The molecule has 1 heterocycles. The Balaban J connectivity index is 1.88. The SMILES string of the molecule is COc1ccccc1C1C(C#N)=C(N)N(NC(=O)c2ccc(C)cc2)C2=C1C(=O)CC(C)(C)C2. The van der Waals surface area contributed by atoms with E-state index >= 15 is 0 Å². The van der Waals surface area contributed by atoms with E-state index in [1.807, 2.05) is 51.1 Å². The first-order valence-corrected chi connectivity index (χ1v) is 11.1. The maximum Gasteiger partial charge on any atom is 0.270 e. The van der Waals surface area contributed by atoms with Gasteiger partial charge in [0.05, 0.1) is 30.4 Å². The minimum absolute atomic E-state index is 0.0722. The molecule has 1 amide bonds. The number of hydrazine groups is 1. The van der Waals surface area contributed by atoms with E-state index in [-0.39, 0.29) is 28.5 Å². The van der Waals surface area contributed by atoms with E-state index in [0.717, 1.165) is 5.56 Å². The molecule has 1 atom stereocenters. The molecule has 0 fully saturated rings. The zero-order valence-corrected chi connectivity index (χ0v) is 19.8. The highest BCUT2D eigenvalue weighted by atomic mass is 16.5. The smallest absolute Gasteiger partial charge is 0.270 e. The molecule has 3 N–H and O–H groups in total. The lowest BCUT2D eigenvalue weighted by molar-refractivity contribution is -0.118. The molecule has 0 saturated carbocycles. The predicted octanol–water partition coefficient (Wildman–Crippen LogP) is 4.08. The minimum Gasteiger partial charge on any atom is -0.496 e. The van der Waals surface area contributed by atoms with Crippen molar-refractivity contribution >= 4 is 11.7 Å². The lowest BCUT2D eigenvalue weighted by Gasteiger charge is -2.43. The van der Waals surface area contributed by atoms with Gasteiger partial charge in [-0.05, 0) is 37.0 Å². The van der Waals surface area contributed by atoms with Crippen molar-refractivity contribution in [3.63, 3.8) is 0 Å². The van der Waals surface area contributed by atoms with Gasteiger partial charge in [0.1, 0.15) is 11.6 Å². The molecule has 2 aromatic carbocycles. The summed E-state index contributed by atoms with van der Waals surface area (Å²) in [5, 5.41) is 11.6. The molecule has 7 heteroatoms. The van der Waals surface area contributed by atoms with Crippen molar-refractivity contribution < 1.29 is 14.3 Å². The van der Waals surface area contributed by atoms with Crippen molar-refractivity contribution in [1.82, 2.24) is 10.4 Å². The third kappa shape index (κ3) is 4.03. The van der Waals surface area contributed by atoms with Crippen molar-refractivity contribution in [2.45, 2.75) is 39.5 Å². The van der Waals surface area contributed by atoms with Gasteiger partial charge in [-0.15, -0.1) is 0 Å². The van der Waals surface area contributed by atoms with Gasteiger partial charge >= 0.3 is 0 Å². The Morgan fingerprint density at radius 3 is 2.50 bits per heavy atom. The van der Waals surface area contributed by atoms with Crippen molar-refractivity contribution in [2.75, 3.05) is 7.11 Å². The van der Waals surface area contributed by atoms with E-state index in [1.54, 1.807) is 25.3 Å². The molecule has 1 aliphatic heterocycles. The van der Waals surface area contributed by atoms with Crippen LogP contribution in [-0.4, -0.2) is 23.8 Å². The number of nitriles is 1. The number of para-hydroxylation sites is 1. The highest BCUT2D eigenvalue weighted by Crippen LogP contribution is 2.49. The highest BCUT2D eigenvalue weighted by molar-refractivity contribution is 6.01. The number of nitrogens with two attached hydrogens (primary N) is 1. The summed E-state index contributed by atoms with van der Waals surface area (Å²) < 4.78 is 5.55. The van der Waals surface area contributed by atoms with Gasteiger partial charge < -0.3 is 10.5 Å². The van der Waals surface area contributed by atoms with Crippen LogP contribution >= 0.6 is 0 Å². The second kappa shape index (κ2) is 8.71. The number of rotatable bonds is 4. The van der Waals surface area contributed by atoms with E-state index in [9.17, 15) is 14.9 Å². The maximum absolute atomic E-state index is 13.5. The normalized spacial score (nSPS) is 19.4. The summed E-state index contributed by atoms with van der Waals surface area (Å²) in [6.45, 7) is 5.95. The van der Waals surface area contributed by atoms with Crippen LogP contribution in [0.15, 0.2) is 71.2 Å². The lowest BCUT2D eigenvalue weighted by atomic mass is 9.69. The summed E-state index contributed by atoms with van der Waals surface area (Å²) in [5.74, 6) is -0.458. The molecular weight excluding hydrogens is 428 g/mol. The Labute approximate surface area is 199 Å². The number of hydrogen-bond donors (Lipinski definition) is 2. The number of allylic oxidation sites excluding steroid dienone is 3. The summed E-state index contributed by atoms with van der Waals surface area (Å²) in [6.07, 6.45) is 0.836. The highest BCUT2D eigenvalue weighted by Gasteiger charge is 2.45. The zero-order valence-electron chi connectivity index (χ0n) is 19.8. The standard InChI is InChI=1S/C27H28N4O3/c1-16-9-11-17(12-10-16)26(33)30-31-20-13-27(2,3)14-21(32)24(20)23(19(15-28)25(31)29)18-7-5-6-8-22(18)34-4/h5-12,23H,13-14,29H2,1-4H3,(H,30,33). The van der Waals surface area contributed by atoms with E-state index in [2.05, 4.69) is 11.5 Å². The molecule has 1 aliphatic carbocycles. The fourth-order valence-corrected chi connectivity index (χ4v) is 4.72. The second-order valence-electron chi connectivity index (χ2n) is 9.53. The number of nitrogens with zero attached hydrogens (tertiary/aromatic N) is 2. The number of carbonyl (C=O) groups excluding carboxylic acids is 2. The number of Topliss-reactive ketones (excluding diaryl/α,β-unsaturated/α-hetero) is 1. The Morgan fingerprint density at radius 1 is 1.18 bits per heavy atom. The number of nitrogens with one attached hydrogen (secondary N) is 1. The monoisotopic (exact) mass is 456 g/mol. The summed E-state index contributed by atoms with van der Waals surface area (Å²) in [5.41, 5.74) is 12.5. The summed E-state index contributed by atoms with van der Waals surface area (Å²) >= 11 is 0. The number of benzene rings is 2. The van der Waals surface area contributed by atoms with E-state index in [0.29, 0.717) is 41.0 Å². The third-order valence-corrected chi connectivity index (χ3v) is 6.36. The number of aryl methyl sites for hydroxylation is 1. The number of hydrogen-bond acceptors (Lipinski definition) is 6. The Bertz CT molecular complexity index is 1270. The van der Waals surface area contributed by atoms with Gasteiger partial charge in [0.15, 0.2) is 5.78 Å². The van der Waals surface area contributed by atoms with Crippen LogP contribution in [0.5, 0.6) is 5.75 Å². The number of ketones is 1. The van der Waals surface area contributed by atoms with Crippen LogP contribution in [0, 0.1) is 23.7 Å². The lowest BCUT2D eigenvalue weighted by Crippen LogP contribution is -2.49. The molecule has 2 aliphatic rings. The molecule has 174 valence electrons. The first kappa shape index (κ1) is 23.1. The molecule has 0 bridgehead atoms.